The fraction of sp³-hybridized carbons (Fsp3) is 0.500. The van der Waals surface area contributed by atoms with Crippen LogP contribution in [0.5, 0.6) is 0 Å². The van der Waals surface area contributed by atoms with Crippen LogP contribution >= 0.6 is 0 Å². The minimum Gasteiger partial charge on any atom is -0.446 e. The van der Waals surface area contributed by atoms with Gasteiger partial charge in [0.1, 0.15) is 6.73 Å². The predicted octanol–water partition coefficient (Wildman–Crippen LogP) is 3.42. The Morgan fingerprint density at radius 2 is 1.72 bits per heavy atom. The Bertz CT molecular complexity index is 363. The van der Waals surface area contributed by atoms with Crippen LogP contribution in [-0.2, 0) is 9.47 Å². The van der Waals surface area contributed by atoms with Crippen molar-refractivity contribution in [3.8, 4) is 0 Å². The molecule has 0 fully saturated rings. The molecular formula is C14H21NO3. The smallest absolute Gasteiger partial charge is 0.416 e. The van der Waals surface area contributed by atoms with Gasteiger partial charge in [0.15, 0.2) is 0 Å². The van der Waals surface area contributed by atoms with Crippen LogP contribution in [0.25, 0.3) is 0 Å². The molecule has 0 saturated heterocycles. The number of rotatable bonds is 5. The molecule has 0 atom stereocenters. The average Bonchev–Trinajstić information content (AvgIpc) is 2.29. The molecule has 0 bridgehead atoms. The van der Waals surface area contributed by atoms with Crippen molar-refractivity contribution in [1.82, 2.24) is 0 Å². The molecule has 0 aromatic heterocycles. The van der Waals surface area contributed by atoms with Gasteiger partial charge in [0.05, 0.1) is 12.2 Å². The van der Waals surface area contributed by atoms with Crippen molar-refractivity contribution in [2.75, 3.05) is 11.6 Å². The van der Waals surface area contributed by atoms with Crippen molar-refractivity contribution in [3.05, 3.63) is 30.3 Å². The van der Waals surface area contributed by atoms with Crippen molar-refractivity contribution in [2.24, 2.45) is 0 Å². The number of carbonyl (C=O) groups excluding carboxylic acids is 1. The summed E-state index contributed by atoms with van der Waals surface area (Å²) in [4.78, 5) is 13.5. The van der Waals surface area contributed by atoms with E-state index in [2.05, 4.69) is 0 Å². The first-order valence-corrected chi connectivity index (χ1v) is 6.15. The number of anilines is 1. The number of hydrogen-bond acceptors (Lipinski definition) is 3. The number of amides is 1. The van der Waals surface area contributed by atoms with E-state index >= 15 is 0 Å². The first-order chi connectivity index (χ1) is 8.50. The van der Waals surface area contributed by atoms with Gasteiger partial charge in [-0.05, 0) is 39.8 Å². The van der Waals surface area contributed by atoms with E-state index in [4.69, 9.17) is 9.47 Å². The van der Waals surface area contributed by atoms with E-state index < -0.39 is 6.09 Å². The lowest BCUT2D eigenvalue weighted by Gasteiger charge is -2.24. The van der Waals surface area contributed by atoms with Gasteiger partial charge in [-0.25, -0.2) is 4.79 Å². The van der Waals surface area contributed by atoms with E-state index in [1.54, 1.807) is 0 Å². The quantitative estimate of drug-likeness (QED) is 0.753. The molecule has 1 rings (SSSR count). The zero-order valence-corrected chi connectivity index (χ0v) is 11.4. The molecule has 0 aliphatic carbocycles. The molecule has 0 saturated carbocycles. The predicted molar refractivity (Wildman–Crippen MR) is 71.6 cm³/mol. The molecule has 0 aliphatic heterocycles. The van der Waals surface area contributed by atoms with Crippen LogP contribution in [0.3, 0.4) is 0 Å². The average molecular weight is 251 g/mol. The van der Waals surface area contributed by atoms with Crippen LogP contribution in [0.2, 0.25) is 0 Å². The third-order valence-electron chi connectivity index (χ3n) is 2.16. The molecule has 0 unspecified atom stereocenters. The molecule has 4 heteroatoms. The summed E-state index contributed by atoms with van der Waals surface area (Å²) in [6.45, 7) is 7.69. The summed E-state index contributed by atoms with van der Waals surface area (Å²) >= 11 is 0. The Balaban J connectivity index is 2.78. The molecule has 18 heavy (non-hydrogen) atoms. The number of para-hydroxylation sites is 1. The van der Waals surface area contributed by atoms with Gasteiger partial charge < -0.3 is 9.47 Å². The summed E-state index contributed by atoms with van der Waals surface area (Å²) < 4.78 is 10.7. The summed E-state index contributed by atoms with van der Waals surface area (Å²) in [6, 6.07) is 9.36. The number of carbonyl (C=O) groups is 1. The fourth-order valence-electron chi connectivity index (χ4n) is 1.33. The topological polar surface area (TPSA) is 38.8 Å². The Labute approximate surface area is 108 Å². The second-order valence-electron chi connectivity index (χ2n) is 4.54. The van der Waals surface area contributed by atoms with E-state index in [1.807, 2.05) is 58.0 Å². The summed E-state index contributed by atoms with van der Waals surface area (Å²) in [7, 11) is 0. The van der Waals surface area contributed by atoms with Gasteiger partial charge >= 0.3 is 6.09 Å². The maximum atomic E-state index is 12.0. The maximum Gasteiger partial charge on any atom is 0.416 e. The maximum absolute atomic E-state index is 12.0. The third kappa shape index (κ3) is 4.75. The Morgan fingerprint density at radius 3 is 2.22 bits per heavy atom. The monoisotopic (exact) mass is 251 g/mol. The fourth-order valence-corrected chi connectivity index (χ4v) is 1.33. The largest absolute Gasteiger partial charge is 0.446 e. The molecular weight excluding hydrogens is 230 g/mol. The van der Waals surface area contributed by atoms with Crippen LogP contribution in [0.1, 0.15) is 27.7 Å². The summed E-state index contributed by atoms with van der Waals surface area (Å²) in [5.41, 5.74) is 0.767. The number of hydrogen-bond donors (Lipinski definition) is 0. The van der Waals surface area contributed by atoms with Crippen molar-refractivity contribution in [2.45, 2.75) is 39.9 Å². The highest BCUT2D eigenvalue weighted by Crippen LogP contribution is 2.15. The molecule has 1 aromatic rings. The van der Waals surface area contributed by atoms with Gasteiger partial charge in [0.25, 0.3) is 0 Å². The lowest BCUT2D eigenvalue weighted by atomic mass is 10.3. The minimum atomic E-state index is -0.392. The second-order valence-corrected chi connectivity index (χ2v) is 4.54. The highest BCUT2D eigenvalue weighted by Gasteiger charge is 2.18. The summed E-state index contributed by atoms with van der Waals surface area (Å²) in [5, 5.41) is 0. The van der Waals surface area contributed by atoms with Gasteiger partial charge in [-0.1, -0.05) is 18.2 Å². The van der Waals surface area contributed by atoms with Gasteiger partial charge in [0, 0.05) is 5.69 Å². The Morgan fingerprint density at radius 1 is 1.11 bits per heavy atom. The molecule has 0 radical (unpaired) electrons. The van der Waals surface area contributed by atoms with Gasteiger partial charge in [0.2, 0.25) is 0 Å². The van der Waals surface area contributed by atoms with E-state index in [9.17, 15) is 4.79 Å². The zero-order chi connectivity index (χ0) is 13.5. The standard InChI is InChI=1S/C14H21NO3/c1-11(2)17-10-15(14(16)18-12(3)4)13-8-6-5-7-9-13/h5-9,11-12H,10H2,1-4H3. The lowest BCUT2D eigenvalue weighted by molar-refractivity contribution is 0.0676. The van der Waals surface area contributed by atoms with Crippen LogP contribution < -0.4 is 4.90 Å². The van der Waals surface area contributed by atoms with Crippen molar-refractivity contribution in [3.63, 3.8) is 0 Å². The van der Waals surface area contributed by atoms with Crippen molar-refractivity contribution >= 4 is 11.8 Å². The molecule has 0 heterocycles. The van der Waals surface area contributed by atoms with E-state index in [1.165, 1.54) is 4.90 Å². The van der Waals surface area contributed by atoms with Crippen LogP contribution in [-0.4, -0.2) is 25.0 Å². The first kappa shape index (κ1) is 14.5. The Kier molecular flexibility index (Phi) is 5.65. The summed E-state index contributed by atoms with van der Waals surface area (Å²) in [6.07, 6.45) is -0.484. The molecule has 0 aliphatic rings. The summed E-state index contributed by atoms with van der Waals surface area (Å²) in [5.74, 6) is 0. The second kappa shape index (κ2) is 7.01. The molecule has 1 aromatic carbocycles. The van der Waals surface area contributed by atoms with Crippen LogP contribution in [0.4, 0.5) is 10.5 Å². The molecule has 100 valence electrons. The minimum absolute atomic E-state index is 0.0584. The van der Waals surface area contributed by atoms with Gasteiger partial charge in [-0.2, -0.15) is 0 Å². The van der Waals surface area contributed by atoms with Crippen LogP contribution in [0.15, 0.2) is 30.3 Å². The molecule has 1 amide bonds. The molecule has 4 nitrogen and oxygen atoms in total. The van der Waals surface area contributed by atoms with Crippen molar-refractivity contribution in [1.29, 1.82) is 0 Å². The van der Waals surface area contributed by atoms with Crippen molar-refractivity contribution < 1.29 is 14.3 Å². The van der Waals surface area contributed by atoms with E-state index in [0.717, 1.165) is 5.69 Å². The number of ether oxygens (including phenoxy) is 2. The molecule has 0 spiro atoms. The number of benzene rings is 1. The molecule has 0 N–H and O–H groups in total. The van der Waals surface area contributed by atoms with Crippen LogP contribution in [0, 0.1) is 0 Å². The highest BCUT2D eigenvalue weighted by molar-refractivity contribution is 5.87. The lowest BCUT2D eigenvalue weighted by Crippen LogP contribution is -2.36. The number of nitrogens with zero attached hydrogens (tertiary/aromatic N) is 1. The zero-order valence-electron chi connectivity index (χ0n) is 11.4. The Hall–Kier alpha value is -1.55. The van der Waals surface area contributed by atoms with E-state index in [-0.39, 0.29) is 18.9 Å². The van der Waals surface area contributed by atoms with Gasteiger partial charge in [-0.3, -0.25) is 4.90 Å². The SMILES string of the molecule is CC(C)OCN(C(=O)OC(C)C)c1ccccc1. The first-order valence-electron chi connectivity index (χ1n) is 6.15. The highest BCUT2D eigenvalue weighted by atomic mass is 16.6. The van der Waals surface area contributed by atoms with Gasteiger partial charge in [-0.15, -0.1) is 0 Å². The van der Waals surface area contributed by atoms with E-state index in [0.29, 0.717) is 0 Å². The normalized spacial score (nSPS) is 10.8. The third-order valence-corrected chi connectivity index (χ3v) is 2.16.